The molecule has 168 valence electrons. The van der Waals surface area contributed by atoms with E-state index in [0.717, 1.165) is 26.1 Å². The Bertz CT molecular complexity index is 976. The third-order valence-corrected chi connectivity index (χ3v) is 7.55. The average molecular weight is 444 g/mol. The van der Waals surface area contributed by atoms with Gasteiger partial charge >= 0.3 is 0 Å². The third kappa shape index (κ3) is 6.06. The number of aliphatic imine (C=N–C) groups is 1. The monoisotopic (exact) mass is 443 g/mol. The molecule has 0 radical (unpaired) electrons. The number of benzene rings is 2. The summed E-state index contributed by atoms with van der Waals surface area (Å²) in [5, 5.41) is 6.68. The molecule has 2 aromatic rings. The van der Waals surface area contributed by atoms with Crippen molar-refractivity contribution >= 4 is 16.0 Å². The molecule has 1 heterocycles. The van der Waals surface area contributed by atoms with Gasteiger partial charge in [0.05, 0.1) is 4.90 Å². The van der Waals surface area contributed by atoms with Gasteiger partial charge in [0.15, 0.2) is 5.96 Å². The summed E-state index contributed by atoms with van der Waals surface area (Å²) < 4.78 is 26.4. The van der Waals surface area contributed by atoms with E-state index < -0.39 is 10.0 Å². The Hall–Kier alpha value is -2.42. The first-order chi connectivity index (χ1) is 14.9. The van der Waals surface area contributed by atoms with Crippen LogP contribution < -0.4 is 10.6 Å². The van der Waals surface area contributed by atoms with E-state index >= 15 is 0 Å². The molecule has 1 atom stereocenters. The van der Waals surface area contributed by atoms with Crippen molar-refractivity contribution < 1.29 is 8.42 Å². The van der Waals surface area contributed by atoms with Gasteiger partial charge in [-0.05, 0) is 36.6 Å². The molecule has 8 heteroatoms. The van der Waals surface area contributed by atoms with E-state index in [2.05, 4.69) is 44.8 Å². The van der Waals surface area contributed by atoms with Gasteiger partial charge < -0.3 is 10.6 Å². The summed E-state index contributed by atoms with van der Waals surface area (Å²) in [5.74, 6) is 0.670. The van der Waals surface area contributed by atoms with Gasteiger partial charge in [0.25, 0.3) is 0 Å². The number of hydrogen-bond acceptors (Lipinski definition) is 4. The molecule has 0 aliphatic carbocycles. The molecule has 2 aromatic carbocycles. The minimum Gasteiger partial charge on any atom is -0.355 e. The normalized spacial score (nSPS) is 17.8. The van der Waals surface area contributed by atoms with Gasteiger partial charge in [-0.15, -0.1) is 0 Å². The summed E-state index contributed by atoms with van der Waals surface area (Å²) in [6, 6.07) is 18.1. The predicted octanol–water partition coefficient (Wildman–Crippen LogP) is 2.27. The number of likely N-dealkylation sites (tertiary alicyclic amines) is 1. The quantitative estimate of drug-likeness (QED) is 0.484. The summed E-state index contributed by atoms with van der Waals surface area (Å²) >= 11 is 0. The molecule has 1 unspecified atom stereocenters. The number of rotatable bonds is 8. The van der Waals surface area contributed by atoms with Gasteiger partial charge in [-0.25, -0.2) is 12.7 Å². The van der Waals surface area contributed by atoms with Gasteiger partial charge in [-0.3, -0.25) is 9.89 Å². The molecule has 1 aliphatic heterocycles. The Kier molecular flexibility index (Phi) is 8.06. The smallest absolute Gasteiger partial charge is 0.242 e. The van der Waals surface area contributed by atoms with E-state index in [4.69, 9.17) is 0 Å². The van der Waals surface area contributed by atoms with E-state index in [1.54, 1.807) is 33.3 Å². The summed E-state index contributed by atoms with van der Waals surface area (Å²) in [6.07, 6.45) is 2.35. The zero-order chi connectivity index (χ0) is 22.3. The lowest BCUT2D eigenvalue weighted by atomic mass is 10.2. The summed E-state index contributed by atoms with van der Waals surface area (Å²) in [6.45, 7) is 3.23. The van der Waals surface area contributed by atoms with Crippen molar-refractivity contribution in [2.75, 3.05) is 34.2 Å². The first kappa shape index (κ1) is 23.2. The topological polar surface area (TPSA) is 77.0 Å². The van der Waals surface area contributed by atoms with E-state index in [1.165, 1.54) is 16.3 Å². The molecular formula is C23H33N5O2S. The Balaban J connectivity index is 1.57. The lowest BCUT2D eigenvalue weighted by molar-refractivity contribution is 0.245. The van der Waals surface area contributed by atoms with Crippen LogP contribution in [-0.4, -0.2) is 63.9 Å². The van der Waals surface area contributed by atoms with E-state index in [1.807, 2.05) is 18.2 Å². The van der Waals surface area contributed by atoms with Crippen LogP contribution >= 0.6 is 0 Å². The zero-order valence-corrected chi connectivity index (χ0v) is 19.4. The summed E-state index contributed by atoms with van der Waals surface area (Å²) in [7, 11) is 1.32. The molecule has 0 amide bonds. The number of nitrogens with zero attached hydrogens (tertiary/aromatic N) is 3. The average Bonchev–Trinajstić information content (AvgIpc) is 3.21. The van der Waals surface area contributed by atoms with Crippen LogP contribution in [0.1, 0.15) is 24.0 Å². The standard InChI is InChI=1S/C23H33N5O2S/c1-24-23(25-16-20-12-7-8-14-22(20)31(29,30)27(2)3)26-17-21-13-9-15-28(21)18-19-10-5-4-6-11-19/h4-8,10-12,14,21H,9,13,15-18H2,1-3H3,(H2,24,25,26). The van der Waals surface area contributed by atoms with Crippen molar-refractivity contribution in [2.45, 2.75) is 36.9 Å². The number of nitrogens with one attached hydrogen (secondary N) is 2. The second-order valence-corrected chi connectivity index (χ2v) is 10.1. The van der Waals surface area contributed by atoms with Crippen LogP contribution in [0.15, 0.2) is 64.5 Å². The Morgan fingerprint density at radius 1 is 1.10 bits per heavy atom. The van der Waals surface area contributed by atoms with Gasteiger partial charge in [0, 0.05) is 46.8 Å². The van der Waals surface area contributed by atoms with Crippen molar-refractivity contribution in [3.63, 3.8) is 0 Å². The molecule has 31 heavy (non-hydrogen) atoms. The van der Waals surface area contributed by atoms with Gasteiger partial charge in [-0.1, -0.05) is 48.5 Å². The zero-order valence-electron chi connectivity index (χ0n) is 18.6. The second kappa shape index (κ2) is 10.7. The lowest BCUT2D eigenvalue weighted by Gasteiger charge is -2.25. The van der Waals surface area contributed by atoms with Crippen LogP contribution in [0.4, 0.5) is 0 Å². The van der Waals surface area contributed by atoms with Crippen molar-refractivity contribution in [3.05, 3.63) is 65.7 Å². The van der Waals surface area contributed by atoms with Crippen molar-refractivity contribution in [1.82, 2.24) is 19.8 Å². The Labute approximate surface area is 186 Å². The fraction of sp³-hybridized carbons (Fsp3) is 0.435. The molecule has 1 fully saturated rings. The molecule has 0 spiro atoms. The first-order valence-electron chi connectivity index (χ1n) is 10.6. The van der Waals surface area contributed by atoms with Crippen LogP contribution in [0, 0.1) is 0 Å². The molecular weight excluding hydrogens is 410 g/mol. The molecule has 7 nitrogen and oxygen atoms in total. The SMILES string of the molecule is CN=C(NCc1ccccc1S(=O)(=O)N(C)C)NCC1CCCN1Cc1ccccc1. The third-order valence-electron chi connectivity index (χ3n) is 5.63. The maximum atomic E-state index is 12.6. The Morgan fingerprint density at radius 3 is 2.52 bits per heavy atom. The minimum atomic E-state index is -3.50. The maximum absolute atomic E-state index is 12.6. The van der Waals surface area contributed by atoms with Gasteiger partial charge in [0.1, 0.15) is 0 Å². The highest BCUT2D eigenvalue weighted by Crippen LogP contribution is 2.20. The predicted molar refractivity (Wildman–Crippen MR) is 125 cm³/mol. The largest absolute Gasteiger partial charge is 0.355 e. The fourth-order valence-corrected chi connectivity index (χ4v) is 4.98. The number of hydrogen-bond donors (Lipinski definition) is 2. The maximum Gasteiger partial charge on any atom is 0.242 e. The van der Waals surface area contributed by atoms with Crippen molar-refractivity contribution in [3.8, 4) is 0 Å². The van der Waals surface area contributed by atoms with Gasteiger partial charge in [0.2, 0.25) is 10.0 Å². The summed E-state index contributed by atoms with van der Waals surface area (Å²) in [4.78, 5) is 7.14. The van der Waals surface area contributed by atoms with Crippen LogP contribution in [0.25, 0.3) is 0 Å². The highest BCUT2D eigenvalue weighted by atomic mass is 32.2. The first-order valence-corrected chi connectivity index (χ1v) is 12.1. The molecule has 2 N–H and O–H groups in total. The Morgan fingerprint density at radius 2 is 1.81 bits per heavy atom. The molecule has 0 saturated carbocycles. The van der Waals surface area contributed by atoms with Crippen LogP contribution in [-0.2, 0) is 23.1 Å². The summed E-state index contributed by atoms with van der Waals surface area (Å²) in [5.41, 5.74) is 2.04. The lowest BCUT2D eigenvalue weighted by Crippen LogP contribution is -2.44. The van der Waals surface area contributed by atoms with E-state index in [-0.39, 0.29) is 0 Å². The molecule has 1 saturated heterocycles. The minimum absolute atomic E-state index is 0.313. The van der Waals surface area contributed by atoms with Crippen LogP contribution in [0.3, 0.4) is 0 Å². The van der Waals surface area contributed by atoms with Crippen LogP contribution in [0.2, 0.25) is 0 Å². The second-order valence-electron chi connectivity index (χ2n) is 7.95. The highest BCUT2D eigenvalue weighted by molar-refractivity contribution is 7.89. The van der Waals surface area contributed by atoms with E-state index in [0.29, 0.717) is 29.0 Å². The van der Waals surface area contributed by atoms with E-state index in [9.17, 15) is 8.42 Å². The molecule has 3 rings (SSSR count). The number of guanidine groups is 1. The molecule has 0 bridgehead atoms. The van der Waals surface area contributed by atoms with Crippen LogP contribution in [0.5, 0.6) is 0 Å². The highest BCUT2D eigenvalue weighted by Gasteiger charge is 2.25. The van der Waals surface area contributed by atoms with Gasteiger partial charge in [-0.2, -0.15) is 0 Å². The van der Waals surface area contributed by atoms with Crippen molar-refractivity contribution in [2.24, 2.45) is 4.99 Å². The number of sulfonamides is 1. The molecule has 0 aromatic heterocycles. The molecule has 1 aliphatic rings. The fourth-order valence-electron chi connectivity index (χ4n) is 3.86. The van der Waals surface area contributed by atoms with Crippen molar-refractivity contribution in [1.29, 1.82) is 0 Å².